The first-order valence-corrected chi connectivity index (χ1v) is 9.06. The van der Waals surface area contributed by atoms with E-state index >= 15 is 0 Å². The van der Waals surface area contributed by atoms with Crippen LogP contribution in [0.3, 0.4) is 0 Å². The highest BCUT2D eigenvalue weighted by atomic mass is 32.2. The third-order valence-electron chi connectivity index (χ3n) is 4.50. The highest BCUT2D eigenvalue weighted by Gasteiger charge is 2.28. The van der Waals surface area contributed by atoms with Crippen molar-refractivity contribution in [2.24, 2.45) is 0 Å². The van der Waals surface area contributed by atoms with Gasteiger partial charge in [0.05, 0.1) is 0 Å². The molecule has 0 aromatic heterocycles. The van der Waals surface area contributed by atoms with Gasteiger partial charge in [-0.3, -0.25) is 4.90 Å². The number of fused-ring (bicyclic) bond motifs is 1. The van der Waals surface area contributed by atoms with E-state index in [2.05, 4.69) is 41.4 Å². The summed E-state index contributed by atoms with van der Waals surface area (Å²) in [5.41, 5.74) is 1.56. The maximum atomic E-state index is 3.66. The lowest BCUT2D eigenvalue weighted by molar-refractivity contribution is 0.173. The minimum absolute atomic E-state index is 0.634. The van der Waals surface area contributed by atoms with Crippen LogP contribution in [-0.2, 0) is 0 Å². The second kappa shape index (κ2) is 6.97. The molecular weight excluding hydrogens is 264 g/mol. The summed E-state index contributed by atoms with van der Waals surface area (Å²) in [6.07, 6.45) is 5.25. The molecule has 0 radical (unpaired) electrons. The van der Waals surface area contributed by atoms with Gasteiger partial charge in [-0.1, -0.05) is 25.1 Å². The average Bonchev–Trinajstić information content (AvgIpc) is 2.99. The van der Waals surface area contributed by atoms with Crippen molar-refractivity contribution in [2.75, 3.05) is 25.4 Å². The van der Waals surface area contributed by atoms with Crippen LogP contribution in [0, 0.1) is 0 Å². The van der Waals surface area contributed by atoms with E-state index in [1.807, 2.05) is 11.8 Å². The second-order valence-electron chi connectivity index (χ2n) is 5.98. The maximum Gasteiger partial charge on any atom is 0.0367 e. The number of thioether (sulfide) groups is 1. The van der Waals surface area contributed by atoms with Crippen molar-refractivity contribution >= 4 is 11.8 Å². The van der Waals surface area contributed by atoms with Crippen molar-refractivity contribution in [3.8, 4) is 0 Å². The number of hydrogen-bond acceptors (Lipinski definition) is 3. The van der Waals surface area contributed by atoms with E-state index in [4.69, 9.17) is 0 Å². The summed E-state index contributed by atoms with van der Waals surface area (Å²) in [5.74, 6) is 1.26. The van der Waals surface area contributed by atoms with Gasteiger partial charge in [0.15, 0.2) is 0 Å². The second-order valence-corrected chi connectivity index (χ2v) is 7.12. The van der Waals surface area contributed by atoms with Gasteiger partial charge in [-0.15, -0.1) is 11.8 Å². The molecule has 20 heavy (non-hydrogen) atoms. The lowest BCUT2D eigenvalue weighted by Crippen LogP contribution is -2.41. The van der Waals surface area contributed by atoms with E-state index in [1.165, 1.54) is 56.0 Å². The molecule has 2 aliphatic rings. The quantitative estimate of drug-likeness (QED) is 0.890. The highest BCUT2D eigenvalue weighted by Crippen LogP contribution is 2.39. The highest BCUT2D eigenvalue weighted by molar-refractivity contribution is 7.99. The Morgan fingerprint density at radius 2 is 2.20 bits per heavy atom. The third kappa shape index (κ3) is 3.21. The van der Waals surface area contributed by atoms with Crippen molar-refractivity contribution in [1.29, 1.82) is 0 Å². The largest absolute Gasteiger partial charge is 0.313 e. The van der Waals surface area contributed by atoms with Crippen LogP contribution in [0.4, 0.5) is 0 Å². The van der Waals surface area contributed by atoms with Crippen LogP contribution in [0.5, 0.6) is 0 Å². The zero-order valence-electron chi connectivity index (χ0n) is 12.5. The fourth-order valence-corrected chi connectivity index (χ4v) is 4.67. The first kappa shape index (κ1) is 14.4. The minimum atomic E-state index is 0.634. The van der Waals surface area contributed by atoms with Gasteiger partial charge in [-0.05, 0) is 56.2 Å². The van der Waals surface area contributed by atoms with Crippen molar-refractivity contribution in [3.63, 3.8) is 0 Å². The molecule has 0 aliphatic carbocycles. The zero-order chi connectivity index (χ0) is 13.8. The SMILES string of the molecule is CCCN(CC1CCCN1)C1CCSc2ccccc21. The molecule has 0 saturated carbocycles. The van der Waals surface area contributed by atoms with Gasteiger partial charge in [0.25, 0.3) is 0 Å². The molecule has 1 aromatic carbocycles. The molecule has 0 amide bonds. The number of rotatable bonds is 5. The molecule has 1 aromatic rings. The molecule has 0 spiro atoms. The molecule has 110 valence electrons. The van der Waals surface area contributed by atoms with Crippen LogP contribution < -0.4 is 5.32 Å². The predicted molar refractivity (Wildman–Crippen MR) is 87.4 cm³/mol. The van der Waals surface area contributed by atoms with E-state index in [0.717, 1.165) is 0 Å². The molecule has 2 aliphatic heterocycles. The van der Waals surface area contributed by atoms with Crippen LogP contribution in [0.1, 0.15) is 44.2 Å². The number of hydrogen-bond donors (Lipinski definition) is 1. The Morgan fingerprint density at radius 1 is 1.30 bits per heavy atom. The van der Waals surface area contributed by atoms with Gasteiger partial charge in [-0.2, -0.15) is 0 Å². The van der Waals surface area contributed by atoms with E-state index in [0.29, 0.717) is 12.1 Å². The average molecular weight is 290 g/mol. The Labute approximate surface area is 127 Å². The Hall–Kier alpha value is -0.510. The molecule has 0 bridgehead atoms. The monoisotopic (exact) mass is 290 g/mol. The van der Waals surface area contributed by atoms with Gasteiger partial charge in [0.2, 0.25) is 0 Å². The van der Waals surface area contributed by atoms with Gasteiger partial charge >= 0.3 is 0 Å². The molecule has 2 heterocycles. The zero-order valence-corrected chi connectivity index (χ0v) is 13.3. The molecular formula is C17H26N2S. The summed E-state index contributed by atoms with van der Waals surface area (Å²) in [6, 6.07) is 10.4. The lowest BCUT2D eigenvalue weighted by Gasteiger charge is -2.37. The van der Waals surface area contributed by atoms with E-state index in [-0.39, 0.29) is 0 Å². The van der Waals surface area contributed by atoms with Gasteiger partial charge in [-0.25, -0.2) is 0 Å². The molecule has 1 saturated heterocycles. The van der Waals surface area contributed by atoms with Crippen LogP contribution in [0.15, 0.2) is 29.2 Å². The smallest absolute Gasteiger partial charge is 0.0367 e. The fourth-order valence-electron chi connectivity index (χ4n) is 3.56. The topological polar surface area (TPSA) is 15.3 Å². The minimum Gasteiger partial charge on any atom is -0.313 e. The van der Waals surface area contributed by atoms with Crippen LogP contribution in [-0.4, -0.2) is 36.3 Å². The molecule has 3 heteroatoms. The van der Waals surface area contributed by atoms with Crippen molar-refractivity contribution < 1.29 is 0 Å². The predicted octanol–water partition coefficient (Wildman–Crippen LogP) is 3.69. The summed E-state index contributed by atoms with van der Waals surface area (Å²) in [6.45, 7) is 5.96. The summed E-state index contributed by atoms with van der Waals surface area (Å²) < 4.78 is 0. The van der Waals surface area contributed by atoms with Crippen molar-refractivity contribution in [2.45, 2.75) is 49.6 Å². The summed E-state index contributed by atoms with van der Waals surface area (Å²) >= 11 is 2.03. The molecule has 2 nitrogen and oxygen atoms in total. The first-order chi connectivity index (χ1) is 9.88. The lowest BCUT2D eigenvalue weighted by atomic mass is 10.0. The molecule has 1 fully saturated rings. The summed E-state index contributed by atoms with van der Waals surface area (Å²) in [4.78, 5) is 4.24. The summed E-state index contributed by atoms with van der Waals surface area (Å²) in [5, 5.41) is 3.66. The molecule has 2 atom stereocenters. The molecule has 1 N–H and O–H groups in total. The maximum absolute atomic E-state index is 3.66. The van der Waals surface area contributed by atoms with E-state index < -0.39 is 0 Å². The summed E-state index contributed by atoms with van der Waals surface area (Å²) in [7, 11) is 0. The van der Waals surface area contributed by atoms with E-state index in [1.54, 1.807) is 5.56 Å². The number of nitrogens with zero attached hydrogens (tertiary/aromatic N) is 1. The fraction of sp³-hybridized carbons (Fsp3) is 0.647. The molecule has 3 rings (SSSR count). The number of benzene rings is 1. The first-order valence-electron chi connectivity index (χ1n) is 8.07. The Balaban J connectivity index is 1.76. The van der Waals surface area contributed by atoms with Crippen LogP contribution >= 0.6 is 11.8 Å². The molecule has 2 unspecified atom stereocenters. The Bertz CT molecular complexity index is 429. The van der Waals surface area contributed by atoms with Crippen LogP contribution in [0.2, 0.25) is 0 Å². The Morgan fingerprint density at radius 3 is 3.00 bits per heavy atom. The van der Waals surface area contributed by atoms with Crippen LogP contribution in [0.25, 0.3) is 0 Å². The van der Waals surface area contributed by atoms with Crippen molar-refractivity contribution in [3.05, 3.63) is 29.8 Å². The van der Waals surface area contributed by atoms with E-state index in [9.17, 15) is 0 Å². The standard InChI is InChI=1S/C17H26N2S/c1-2-11-19(13-14-6-5-10-18-14)16-9-12-20-17-8-4-3-7-15(16)17/h3-4,7-8,14,16,18H,2,5-6,9-13H2,1H3. The van der Waals surface area contributed by atoms with Crippen molar-refractivity contribution in [1.82, 2.24) is 10.2 Å². The van der Waals surface area contributed by atoms with Gasteiger partial charge in [0, 0.05) is 23.5 Å². The van der Waals surface area contributed by atoms with Gasteiger partial charge in [0.1, 0.15) is 0 Å². The Kier molecular flexibility index (Phi) is 5.03. The third-order valence-corrected chi connectivity index (χ3v) is 5.62. The number of nitrogens with one attached hydrogen (secondary N) is 1. The normalized spacial score (nSPS) is 25.9. The van der Waals surface area contributed by atoms with Gasteiger partial charge < -0.3 is 5.32 Å².